The van der Waals surface area contributed by atoms with Crippen LogP contribution in [0.3, 0.4) is 0 Å². The zero-order chi connectivity index (χ0) is 32.2. The SMILES string of the molecule is CCC(C)(C)O.Cc1ccccc1CN1CCc2cc(-c3c(C)nc(C)c(CC(=O)O)c3N3CCC(C)(C)CC3)ccc2C1. The Morgan fingerprint density at radius 3 is 2.25 bits per heavy atom. The molecule has 0 amide bonds. The molecule has 1 fully saturated rings. The van der Waals surface area contributed by atoms with E-state index in [0.29, 0.717) is 5.41 Å². The molecule has 2 N–H and O–H groups in total. The fourth-order valence-electron chi connectivity index (χ4n) is 6.19. The number of rotatable bonds is 7. The predicted molar refractivity (Wildman–Crippen MR) is 181 cm³/mol. The second-order valence-corrected chi connectivity index (χ2v) is 14.2. The van der Waals surface area contributed by atoms with E-state index in [9.17, 15) is 9.90 Å². The van der Waals surface area contributed by atoms with Gasteiger partial charge in [0.1, 0.15) is 0 Å². The second kappa shape index (κ2) is 13.8. The van der Waals surface area contributed by atoms with Crippen molar-refractivity contribution < 1.29 is 15.0 Å². The Hall–Kier alpha value is -3.22. The third kappa shape index (κ3) is 8.48. The maximum Gasteiger partial charge on any atom is 0.307 e. The number of aliphatic hydroxyl groups is 1. The third-order valence-electron chi connectivity index (χ3n) is 9.52. The van der Waals surface area contributed by atoms with E-state index in [-0.39, 0.29) is 6.42 Å². The van der Waals surface area contributed by atoms with Gasteiger partial charge in [0.2, 0.25) is 0 Å². The Balaban J connectivity index is 0.000000670. The van der Waals surface area contributed by atoms with Crippen LogP contribution in [0.2, 0.25) is 0 Å². The lowest BCUT2D eigenvalue weighted by molar-refractivity contribution is -0.136. The summed E-state index contributed by atoms with van der Waals surface area (Å²) in [7, 11) is 0. The number of fused-ring (bicyclic) bond motifs is 1. The summed E-state index contributed by atoms with van der Waals surface area (Å²) in [6.45, 7) is 21.3. The molecular weight excluding hydrogens is 546 g/mol. The molecule has 44 heavy (non-hydrogen) atoms. The maximum atomic E-state index is 11.9. The number of carboxylic acids is 1. The van der Waals surface area contributed by atoms with E-state index >= 15 is 0 Å². The first kappa shape index (κ1) is 33.7. The Labute approximate surface area is 265 Å². The van der Waals surface area contributed by atoms with Gasteiger partial charge in [-0.2, -0.15) is 0 Å². The molecule has 238 valence electrons. The highest BCUT2D eigenvalue weighted by Crippen LogP contribution is 2.42. The minimum absolute atomic E-state index is 0.000142. The first-order valence-corrected chi connectivity index (χ1v) is 16.3. The Morgan fingerprint density at radius 2 is 1.64 bits per heavy atom. The molecule has 1 aromatic heterocycles. The van der Waals surface area contributed by atoms with Crippen molar-refractivity contribution in [2.75, 3.05) is 24.5 Å². The van der Waals surface area contributed by atoms with Crippen molar-refractivity contribution >= 4 is 11.7 Å². The molecule has 5 rings (SSSR count). The molecule has 0 spiro atoms. The number of hydrogen-bond acceptors (Lipinski definition) is 5. The van der Waals surface area contributed by atoms with Crippen molar-refractivity contribution in [2.45, 2.75) is 106 Å². The van der Waals surface area contributed by atoms with E-state index in [4.69, 9.17) is 10.1 Å². The summed E-state index contributed by atoms with van der Waals surface area (Å²) >= 11 is 0. The molecule has 3 aromatic rings. The number of hydrogen-bond donors (Lipinski definition) is 2. The van der Waals surface area contributed by atoms with Gasteiger partial charge in [-0.25, -0.2) is 0 Å². The molecule has 3 heterocycles. The number of piperidine rings is 1. The lowest BCUT2D eigenvalue weighted by Gasteiger charge is -2.40. The van der Waals surface area contributed by atoms with Crippen LogP contribution in [0.1, 0.15) is 93.1 Å². The van der Waals surface area contributed by atoms with Crippen LogP contribution < -0.4 is 4.90 Å². The van der Waals surface area contributed by atoms with Gasteiger partial charge < -0.3 is 15.1 Å². The number of aliphatic carboxylic acids is 1. The van der Waals surface area contributed by atoms with Gasteiger partial charge in [-0.3, -0.25) is 14.7 Å². The molecule has 2 aliphatic rings. The van der Waals surface area contributed by atoms with Gasteiger partial charge in [0.15, 0.2) is 0 Å². The van der Waals surface area contributed by atoms with Crippen molar-refractivity contribution in [2.24, 2.45) is 5.41 Å². The Bertz CT molecular complexity index is 1460. The van der Waals surface area contributed by atoms with E-state index in [1.807, 2.05) is 13.8 Å². The van der Waals surface area contributed by atoms with Crippen LogP contribution in [-0.2, 0) is 30.7 Å². The topological polar surface area (TPSA) is 76.9 Å². The summed E-state index contributed by atoms with van der Waals surface area (Å²) in [6.07, 6.45) is 4.04. The molecule has 0 aliphatic carbocycles. The lowest BCUT2D eigenvalue weighted by atomic mass is 9.82. The largest absolute Gasteiger partial charge is 0.481 e. The molecule has 2 aromatic carbocycles. The lowest BCUT2D eigenvalue weighted by Crippen LogP contribution is -2.38. The summed E-state index contributed by atoms with van der Waals surface area (Å²) in [6, 6.07) is 15.5. The zero-order valence-electron chi connectivity index (χ0n) is 28.3. The molecular formula is C38H53N3O3. The fraction of sp³-hybridized carbons (Fsp3) is 0.526. The average Bonchev–Trinajstić information content (AvgIpc) is 2.95. The van der Waals surface area contributed by atoms with Gasteiger partial charge in [0, 0.05) is 55.2 Å². The first-order valence-electron chi connectivity index (χ1n) is 16.3. The van der Waals surface area contributed by atoms with Crippen molar-refractivity contribution in [3.63, 3.8) is 0 Å². The quantitative estimate of drug-likeness (QED) is 0.291. The van der Waals surface area contributed by atoms with Crippen LogP contribution in [0, 0.1) is 26.2 Å². The Kier molecular flexibility index (Phi) is 10.6. The minimum Gasteiger partial charge on any atom is -0.481 e. The van der Waals surface area contributed by atoms with Crippen LogP contribution in [-0.4, -0.2) is 51.3 Å². The number of pyridine rings is 1. The van der Waals surface area contributed by atoms with Gasteiger partial charge in [-0.15, -0.1) is 0 Å². The van der Waals surface area contributed by atoms with Gasteiger partial charge in [0.05, 0.1) is 17.7 Å². The van der Waals surface area contributed by atoms with Crippen molar-refractivity contribution in [1.29, 1.82) is 0 Å². The third-order valence-corrected chi connectivity index (χ3v) is 9.52. The normalized spacial score (nSPS) is 16.6. The summed E-state index contributed by atoms with van der Waals surface area (Å²) in [5.41, 5.74) is 11.4. The molecule has 0 bridgehead atoms. The van der Waals surface area contributed by atoms with Crippen molar-refractivity contribution in [1.82, 2.24) is 9.88 Å². The first-order chi connectivity index (χ1) is 20.7. The minimum atomic E-state index is -0.803. The van der Waals surface area contributed by atoms with E-state index in [1.165, 1.54) is 22.3 Å². The highest BCUT2D eigenvalue weighted by molar-refractivity contribution is 5.86. The van der Waals surface area contributed by atoms with Crippen molar-refractivity contribution in [3.8, 4) is 11.1 Å². The molecule has 0 saturated carbocycles. The number of aryl methyl sites for hydroxylation is 3. The molecule has 1 saturated heterocycles. The van der Waals surface area contributed by atoms with Crippen LogP contribution in [0.4, 0.5) is 5.69 Å². The second-order valence-electron chi connectivity index (χ2n) is 14.2. The monoisotopic (exact) mass is 599 g/mol. The van der Waals surface area contributed by atoms with Crippen LogP contribution >= 0.6 is 0 Å². The summed E-state index contributed by atoms with van der Waals surface area (Å²) in [5.74, 6) is -0.803. The molecule has 2 aliphatic heterocycles. The standard InChI is InChI=1S/C33H41N3O2.C5H12O/c1-22-8-6-7-9-27(22)20-35-15-12-25-18-26(10-11-28(25)21-35)31-24(3)34-23(2)29(19-30(37)38)32(31)36-16-13-33(4,5)14-17-36;1-4-5(2,3)6/h6-11,18H,12-17,19-21H2,1-5H3,(H,37,38);6H,4H2,1-3H3. The highest BCUT2D eigenvalue weighted by Gasteiger charge is 2.30. The number of nitrogens with zero attached hydrogens (tertiary/aromatic N) is 3. The Morgan fingerprint density at radius 1 is 0.977 bits per heavy atom. The van der Waals surface area contributed by atoms with E-state index < -0.39 is 11.6 Å². The number of carbonyl (C=O) groups is 1. The summed E-state index contributed by atoms with van der Waals surface area (Å²) < 4.78 is 0. The van der Waals surface area contributed by atoms with E-state index in [1.54, 1.807) is 13.8 Å². The van der Waals surface area contributed by atoms with Crippen LogP contribution in [0.15, 0.2) is 42.5 Å². The molecule has 0 unspecified atom stereocenters. The van der Waals surface area contributed by atoms with E-state index in [0.717, 1.165) is 92.2 Å². The van der Waals surface area contributed by atoms with Crippen LogP contribution in [0.5, 0.6) is 0 Å². The predicted octanol–water partition coefficient (Wildman–Crippen LogP) is 7.65. The summed E-state index contributed by atoms with van der Waals surface area (Å²) in [5, 5.41) is 18.6. The van der Waals surface area contributed by atoms with Gasteiger partial charge >= 0.3 is 5.97 Å². The average molecular weight is 600 g/mol. The van der Waals surface area contributed by atoms with E-state index in [2.05, 4.69) is 80.0 Å². The number of benzene rings is 2. The van der Waals surface area contributed by atoms with Gasteiger partial charge in [0.25, 0.3) is 0 Å². The summed E-state index contributed by atoms with van der Waals surface area (Å²) in [4.78, 5) is 21.8. The smallest absolute Gasteiger partial charge is 0.307 e. The van der Waals surface area contributed by atoms with Crippen molar-refractivity contribution in [3.05, 3.63) is 81.7 Å². The maximum absolute atomic E-state index is 11.9. The number of aromatic nitrogens is 1. The number of anilines is 1. The molecule has 0 radical (unpaired) electrons. The van der Waals surface area contributed by atoms with Gasteiger partial charge in [-0.05, 0) is 93.5 Å². The highest BCUT2D eigenvalue weighted by atomic mass is 16.4. The fourth-order valence-corrected chi connectivity index (χ4v) is 6.19. The molecule has 6 nitrogen and oxygen atoms in total. The van der Waals surface area contributed by atoms with Gasteiger partial charge in [-0.1, -0.05) is 63.2 Å². The molecule has 0 atom stereocenters. The van der Waals surface area contributed by atoms with Crippen LogP contribution in [0.25, 0.3) is 11.1 Å². The molecule has 6 heteroatoms. The number of carboxylic acid groups (broad SMARTS) is 1. The zero-order valence-corrected chi connectivity index (χ0v) is 28.3.